The first-order valence-electron chi connectivity index (χ1n) is 17.4. The zero-order valence-electron chi connectivity index (χ0n) is 30.4. The Balaban J connectivity index is 1.49. The smallest absolute Gasteiger partial charge is 0.406 e. The molecule has 3 aromatic carbocycles. The van der Waals surface area contributed by atoms with E-state index in [4.69, 9.17) is 17.3 Å². The number of fused-ring (bicyclic) bond motifs is 5. The third-order valence-corrected chi connectivity index (χ3v) is 11.2. The fourth-order valence-electron chi connectivity index (χ4n) is 8.08. The molecule has 2 aliphatic carbocycles. The molecule has 316 valence electrons. The lowest BCUT2D eigenvalue weighted by Gasteiger charge is -2.30. The number of carbonyl (C=O) groups excluding carboxylic acids is 1. The monoisotopic (exact) mass is 888 g/mol. The molecule has 0 bridgehead atoms. The number of anilines is 1. The molecule has 1 fully saturated rings. The average Bonchev–Trinajstić information content (AvgIpc) is 3.64. The van der Waals surface area contributed by atoms with Crippen molar-refractivity contribution in [1.82, 2.24) is 29.1 Å². The normalized spacial score (nSPS) is 18.1. The van der Waals surface area contributed by atoms with Crippen LogP contribution in [-0.4, -0.2) is 56.1 Å². The number of sulfonamides is 1. The number of halogens is 10. The van der Waals surface area contributed by atoms with Crippen LogP contribution in [-0.2, 0) is 34.2 Å². The Morgan fingerprint density at radius 3 is 2.38 bits per heavy atom. The minimum absolute atomic E-state index is 0.144. The second-order valence-electron chi connectivity index (χ2n) is 14.4. The van der Waals surface area contributed by atoms with Gasteiger partial charge in [0.25, 0.3) is 17.9 Å². The van der Waals surface area contributed by atoms with Crippen LogP contribution in [0, 0.1) is 17.6 Å². The minimum atomic E-state index is -5.23. The van der Waals surface area contributed by atoms with Gasteiger partial charge >= 0.3 is 6.36 Å². The van der Waals surface area contributed by atoms with E-state index in [1.165, 1.54) is 19.2 Å². The molecule has 0 aliphatic heterocycles. The number of ether oxygens (including phenoxy) is 1. The maximum Gasteiger partial charge on any atom is 0.573 e. The highest BCUT2D eigenvalue weighted by atomic mass is 35.5. The third-order valence-electron chi connectivity index (χ3n) is 10.3. The first kappa shape index (κ1) is 40.9. The number of rotatable bonds is 11. The van der Waals surface area contributed by atoms with Gasteiger partial charge in [-0.05, 0) is 66.8 Å². The fraction of sp³-hybridized carbons (Fsp3) is 0.306. The van der Waals surface area contributed by atoms with Crippen LogP contribution < -0.4 is 20.8 Å². The SMILES string of the molecule is Cn1nc(NS(C)(=O)=O)c2c(Cl)ccc(-n3c([C@@H](Cc4cc(F)cc(F)c4)C(C(N)=O)n4nc(C(F)F)c5c4C(F)(F)[C@@H]4C[C@H]54)nc4ccc(OC(F)(F)F)cc4c3=O)c21. The summed E-state index contributed by atoms with van der Waals surface area (Å²) in [5.41, 5.74) is 0.912. The summed E-state index contributed by atoms with van der Waals surface area (Å²) in [5, 5.41) is 7.10. The van der Waals surface area contributed by atoms with Crippen LogP contribution in [0.2, 0.25) is 5.02 Å². The summed E-state index contributed by atoms with van der Waals surface area (Å²) in [6.45, 7) is 0. The van der Waals surface area contributed by atoms with Crippen molar-refractivity contribution in [2.45, 2.75) is 49.4 Å². The van der Waals surface area contributed by atoms with Gasteiger partial charge in [0, 0.05) is 24.6 Å². The molecule has 0 radical (unpaired) electrons. The lowest BCUT2D eigenvalue weighted by Crippen LogP contribution is -2.39. The summed E-state index contributed by atoms with van der Waals surface area (Å²) in [6.07, 6.45) is -8.83. The number of amides is 1. The molecule has 1 amide bonds. The van der Waals surface area contributed by atoms with Crippen LogP contribution in [0.4, 0.5) is 45.3 Å². The van der Waals surface area contributed by atoms with Crippen LogP contribution in [0.15, 0.2) is 53.3 Å². The van der Waals surface area contributed by atoms with Gasteiger partial charge in [-0.15, -0.1) is 13.2 Å². The number of benzene rings is 3. The van der Waals surface area contributed by atoms with E-state index < -0.39 is 116 Å². The lowest BCUT2D eigenvalue weighted by molar-refractivity contribution is -0.274. The highest BCUT2D eigenvalue weighted by molar-refractivity contribution is 7.92. The Kier molecular flexibility index (Phi) is 9.45. The maximum absolute atomic E-state index is 16.1. The number of nitrogens with two attached hydrogens (primary N) is 1. The first-order valence-corrected chi connectivity index (χ1v) is 19.7. The summed E-state index contributed by atoms with van der Waals surface area (Å²) in [7, 11) is -2.76. The second-order valence-corrected chi connectivity index (χ2v) is 16.5. The number of primary amides is 1. The molecule has 8 rings (SSSR count). The summed E-state index contributed by atoms with van der Waals surface area (Å²) < 4.78 is 164. The fourth-order valence-corrected chi connectivity index (χ4v) is 8.81. The number of carbonyl (C=O) groups is 1. The molecule has 60 heavy (non-hydrogen) atoms. The molecule has 1 unspecified atom stereocenters. The zero-order chi connectivity index (χ0) is 43.5. The van der Waals surface area contributed by atoms with Gasteiger partial charge in [0.1, 0.15) is 40.6 Å². The van der Waals surface area contributed by atoms with Gasteiger partial charge in [0.2, 0.25) is 15.9 Å². The third kappa shape index (κ3) is 6.95. The van der Waals surface area contributed by atoms with E-state index in [0.29, 0.717) is 21.4 Å². The predicted octanol–water partition coefficient (Wildman–Crippen LogP) is 6.87. The summed E-state index contributed by atoms with van der Waals surface area (Å²) >= 11 is 6.53. The number of aryl methyl sites for hydroxylation is 1. The van der Waals surface area contributed by atoms with Crippen molar-refractivity contribution in [2.24, 2.45) is 18.7 Å². The largest absolute Gasteiger partial charge is 0.573 e. The van der Waals surface area contributed by atoms with Crippen molar-refractivity contribution in [3.8, 4) is 11.4 Å². The predicted molar refractivity (Wildman–Crippen MR) is 195 cm³/mol. The first-order chi connectivity index (χ1) is 27.9. The van der Waals surface area contributed by atoms with E-state index in [9.17, 15) is 48.7 Å². The molecule has 1 saturated carbocycles. The number of nitrogens with one attached hydrogen (secondary N) is 1. The van der Waals surface area contributed by atoms with Crippen molar-refractivity contribution in [1.29, 1.82) is 0 Å². The molecule has 13 nitrogen and oxygen atoms in total. The molecular weight excluding hydrogens is 863 g/mol. The highest BCUT2D eigenvalue weighted by Crippen LogP contribution is 2.68. The second kappa shape index (κ2) is 13.9. The average molecular weight is 889 g/mol. The molecule has 24 heteroatoms. The number of hydrogen-bond acceptors (Lipinski definition) is 8. The van der Waals surface area contributed by atoms with E-state index in [1.54, 1.807) is 0 Å². The molecule has 3 aromatic heterocycles. The molecule has 0 saturated heterocycles. The Morgan fingerprint density at radius 1 is 1.08 bits per heavy atom. The number of hydrogen-bond donors (Lipinski definition) is 2. The maximum atomic E-state index is 16.1. The summed E-state index contributed by atoms with van der Waals surface area (Å²) in [5.74, 6) is -13.9. The van der Waals surface area contributed by atoms with Gasteiger partial charge in [-0.3, -0.25) is 23.6 Å². The van der Waals surface area contributed by atoms with Crippen molar-refractivity contribution in [3.63, 3.8) is 0 Å². The van der Waals surface area contributed by atoms with Crippen LogP contribution in [0.25, 0.3) is 27.5 Å². The lowest BCUT2D eigenvalue weighted by atomic mass is 9.89. The van der Waals surface area contributed by atoms with Crippen molar-refractivity contribution < 1.29 is 57.5 Å². The number of aromatic nitrogens is 6. The number of alkyl halides is 7. The van der Waals surface area contributed by atoms with Crippen LogP contribution >= 0.6 is 11.6 Å². The van der Waals surface area contributed by atoms with Gasteiger partial charge in [0.05, 0.1) is 44.7 Å². The molecule has 4 atom stereocenters. The molecular formula is C36H26ClF9N8O5S. The van der Waals surface area contributed by atoms with E-state index >= 15 is 8.78 Å². The molecule has 3 N–H and O–H groups in total. The Labute approximate surface area is 335 Å². The van der Waals surface area contributed by atoms with Crippen LogP contribution in [0.1, 0.15) is 59.1 Å². The van der Waals surface area contributed by atoms with Crippen molar-refractivity contribution in [3.05, 3.63) is 104 Å². The molecule has 3 heterocycles. The quantitative estimate of drug-likeness (QED) is 0.133. The minimum Gasteiger partial charge on any atom is -0.406 e. The summed E-state index contributed by atoms with van der Waals surface area (Å²) in [6, 6.07) is 4.51. The Morgan fingerprint density at radius 2 is 1.77 bits per heavy atom. The van der Waals surface area contributed by atoms with Gasteiger partial charge < -0.3 is 10.5 Å². The van der Waals surface area contributed by atoms with Gasteiger partial charge in [-0.25, -0.2) is 35.6 Å². The van der Waals surface area contributed by atoms with Crippen LogP contribution in [0.3, 0.4) is 0 Å². The van der Waals surface area contributed by atoms with Gasteiger partial charge in [0.15, 0.2) is 5.82 Å². The highest BCUT2D eigenvalue weighted by Gasteiger charge is 2.67. The van der Waals surface area contributed by atoms with Crippen LogP contribution in [0.5, 0.6) is 5.75 Å². The standard InChI is InChI=1S/C36H26ClF9N8O5S/c1-52-28-23(6-4-21(37)25(28)32(50-52)51-60(2,57)58)53-33(48-22-5-3-16(59-36(44,45)46)11-18(22)34(53)56)19(9-13-7-14(38)10-15(39)8-13)27(31(47)55)54-29-24(26(49-54)30(40)41)17-12-20(17)35(29,42)43/h3-8,10-11,17,19-20,27,30H,9,12H2,1-2H3,(H2,47,55)(H,50,51)/t17-,19-,20+,27?/m0/s1. The molecule has 2 aliphatic rings. The van der Waals surface area contributed by atoms with E-state index in [-0.39, 0.29) is 44.9 Å². The van der Waals surface area contributed by atoms with E-state index in [2.05, 4.69) is 24.6 Å². The molecule has 0 spiro atoms. The van der Waals surface area contributed by atoms with Crippen molar-refractivity contribution in [2.75, 3.05) is 11.0 Å². The zero-order valence-corrected chi connectivity index (χ0v) is 32.0. The summed E-state index contributed by atoms with van der Waals surface area (Å²) in [4.78, 5) is 33.2. The topological polar surface area (TPSA) is 169 Å². The van der Waals surface area contributed by atoms with Gasteiger partial charge in [-0.2, -0.15) is 19.0 Å². The van der Waals surface area contributed by atoms with Crippen molar-refractivity contribution >= 4 is 55.2 Å². The van der Waals surface area contributed by atoms with Gasteiger partial charge in [-0.1, -0.05) is 11.6 Å². The Hall–Kier alpha value is -5.84. The molecule has 6 aromatic rings. The Bertz CT molecular complexity index is 2950. The number of nitrogens with zero attached hydrogens (tertiary/aromatic N) is 6. The van der Waals surface area contributed by atoms with E-state index in [0.717, 1.165) is 35.2 Å². The van der Waals surface area contributed by atoms with E-state index in [1.807, 2.05) is 0 Å².